The number of pyridine rings is 1. The second-order valence-corrected chi connectivity index (χ2v) is 9.04. The quantitative estimate of drug-likeness (QED) is 0.279. The van der Waals surface area contributed by atoms with Crippen molar-refractivity contribution in [2.45, 2.75) is 46.2 Å². The maximum absolute atomic E-state index is 13.3. The van der Waals surface area contributed by atoms with Crippen LogP contribution in [-0.4, -0.2) is 33.3 Å². The minimum Gasteiger partial charge on any atom is -0.507 e. The first-order valence-electron chi connectivity index (χ1n) is 11.8. The van der Waals surface area contributed by atoms with Crippen molar-refractivity contribution in [2.24, 2.45) is 0 Å². The lowest BCUT2D eigenvalue weighted by Gasteiger charge is -2.26. The van der Waals surface area contributed by atoms with Crippen LogP contribution in [0.15, 0.2) is 72.6 Å². The van der Waals surface area contributed by atoms with Crippen molar-refractivity contribution < 1.29 is 19.4 Å². The number of ketones is 1. The molecular formula is C29H30N2O4. The lowest BCUT2D eigenvalue weighted by molar-refractivity contribution is -0.140. The van der Waals surface area contributed by atoms with Gasteiger partial charge in [0.05, 0.1) is 18.2 Å². The summed E-state index contributed by atoms with van der Waals surface area (Å²) in [6.07, 6.45) is 3.31. The number of hydrogen-bond donors (Lipinski definition) is 1. The van der Waals surface area contributed by atoms with Crippen LogP contribution >= 0.6 is 0 Å². The second-order valence-electron chi connectivity index (χ2n) is 9.04. The Balaban J connectivity index is 1.87. The van der Waals surface area contributed by atoms with Crippen LogP contribution in [0.5, 0.6) is 5.75 Å². The number of carbonyl (C=O) groups is 2. The summed E-state index contributed by atoms with van der Waals surface area (Å²) in [6.45, 7) is 8.72. The summed E-state index contributed by atoms with van der Waals surface area (Å²) in [7, 11) is 0. The van der Waals surface area contributed by atoms with Gasteiger partial charge in [-0.15, -0.1) is 0 Å². The summed E-state index contributed by atoms with van der Waals surface area (Å²) in [5.41, 5.74) is 4.12. The Bertz CT molecular complexity index is 1280. The van der Waals surface area contributed by atoms with Gasteiger partial charge in [0.15, 0.2) is 0 Å². The minimum atomic E-state index is -0.711. The van der Waals surface area contributed by atoms with Crippen LogP contribution in [-0.2, 0) is 16.1 Å². The summed E-state index contributed by atoms with van der Waals surface area (Å²) in [5.74, 6) is -0.622. The summed E-state index contributed by atoms with van der Waals surface area (Å²) < 4.78 is 5.75. The van der Waals surface area contributed by atoms with E-state index in [0.717, 1.165) is 28.0 Å². The Labute approximate surface area is 205 Å². The number of nitrogens with zero attached hydrogens (tertiary/aromatic N) is 2. The predicted octanol–water partition coefficient (Wildman–Crippen LogP) is 5.53. The molecule has 1 fully saturated rings. The summed E-state index contributed by atoms with van der Waals surface area (Å²) in [6, 6.07) is 16.0. The number of hydrogen-bond acceptors (Lipinski definition) is 5. The minimum absolute atomic E-state index is 0.0912. The summed E-state index contributed by atoms with van der Waals surface area (Å²) >= 11 is 0. The third-order valence-electron chi connectivity index (χ3n) is 6.21. The number of likely N-dealkylation sites (tertiary alicyclic amines) is 1. The number of aliphatic hydroxyl groups excluding tert-OH is 1. The molecule has 0 spiro atoms. The van der Waals surface area contributed by atoms with E-state index in [4.69, 9.17) is 4.74 Å². The van der Waals surface area contributed by atoms with E-state index in [1.165, 1.54) is 4.90 Å². The van der Waals surface area contributed by atoms with Gasteiger partial charge in [-0.05, 0) is 66.8 Å². The number of ether oxygens (including phenoxy) is 1. The number of aliphatic hydroxyl groups is 1. The monoisotopic (exact) mass is 470 g/mol. The number of Topliss-reactive ketones (excluding diaryl/α,β-unsaturated/α-hetero) is 1. The molecule has 1 amide bonds. The van der Waals surface area contributed by atoms with Crippen molar-refractivity contribution in [1.29, 1.82) is 0 Å². The van der Waals surface area contributed by atoms with Gasteiger partial charge in [0.2, 0.25) is 0 Å². The van der Waals surface area contributed by atoms with Gasteiger partial charge in [0.25, 0.3) is 11.7 Å². The molecule has 3 aromatic rings. The molecule has 1 atom stereocenters. The maximum Gasteiger partial charge on any atom is 0.295 e. The molecule has 0 bridgehead atoms. The Hall–Kier alpha value is -3.93. The highest BCUT2D eigenvalue weighted by Crippen LogP contribution is 2.41. The first-order valence-corrected chi connectivity index (χ1v) is 11.8. The Morgan fingerprint density at radius 2 is 1.83 bits per heavy atom. The van der Waals surface area contributed by atoms with E-state index in [1.54, 1.807) is 18.5 Å². The Morgan fingerprint density at radius 3 is 2.49 bits per heavy atom. The van der Waals surface area contributed by atoms with E-state index in [9.17, 15) is 14.7 Å². The molecule has 1 aliphatic heterocycles. The fourth-order valence-electron chi connectivity index (χ4n) is 4.50. The zero-order valence-corrected chi connectivity index (χ0v) is 20.5. The predicted molar refractivity (Wildman–Crippen MR) is 135 cm³/mol. The normalized spacial score (nSPS) is 17.3. The summed E-state index contributed by atoms with van der Waals surface area (Å²) in [4.78, 5) is 32.1. The SMILES string of the molecule is CCOc1ccc(/C(O)=C2/C(=O)C(=O)N(Cc3ccncc3)C2c2cccc(C)c2)cc1C(C)C. The number of rotatable bonds is 7. The molecule has 0 aliphatic carbocycles. The lowest BCUT2D eigenvalue weighted by Crippen LogP contribution is -2.29. The van der Waals surface area contributed by atoms with Crippen molar-refractivity contribution in [1.82, 2.24) is 9.88 Å². The van der Waals surface area contributed by atoms with Crippen LogP contribution in [0.2, 0.25) is 0 Å². The van der Waals surface area contributed by atoms with Crippen molar-refractivity contribution in [3.63, 3.8) is 0 Å². The van der Waals surface area contributed by atoms with Gasteiger partial charge in [0.1, 0.15) is 11.5 Å². The average molecular weight is 471 g/mol. The first-order chi connectivity index (χ1) is 16.8. The highest BCUT2D eigenvalue weighted by molar-refractivity contribution is 6.46. The number of aromatic nitrogens is 1. The van der Waals surface area contributed by atoms with E-state index in [0.29, 0.717) is 12.2 Å². The van der Waals surface area contributed by atoms with Crippen LogP contribution in [0.3, 0.4) is 0 Å². The highest BCUT2D eigenvalue weighted by Gasteiger charge is 2.46. The van der Waals surface area contributed by atoms with E-state index in [2.05, 4.69) is 4.98 Å². The van der Waals surface area contributed by atoms with Crippen molar-refractivity contribution in [2.75, 3.05) is 6.61 Å². The van der Waals surface area contributed by atoms with Crippen LogP contribution < -0.4 is 4.74 Å². The zero-order chi connectivity index (χ0) is 25.1. The van der Waals surface area contributed by atoms with Crippen LogP contribution in [0.4, 0.5) is 0 Å². The molecule has 0 saturated carbocycles. The second kappa shape index (κ2) is 10.1. The molecule has 6 heteroatoms. The number of amides is 1. The summed E-state index contributed by atoms with van der Waals surface area (Å²) in [5, 5.41) is 11.4. The van der Waals surface area contributed by atoms with Crippen molar-refractivity contribution >= 4 is 17.4 Å². The Kier molecular flexibility index (Phi) is 7.01. The molecule has 35 heavy (non-hydrogen) atoms. The third kappa shape index (κ3) is 4.83. The zero-order valence-electron chi connectivity index (χ0n) is 20.5. The van der Waals surface area contributed by atoms with Crippen LogP contribution in [0.1, 0.15) is 60.5 Å². The molecule has 6 nitrogen and oxygen atoms in total. The van der Waals surface area contributed by atoms with E-state index in [1.807, 2.05) is 76.2 Å². The molecule has 0 radical (unpaired) electrons. The third-order valence-corrected chi connectivity index (χ3v) is 6.21. The van der Waals surface area contributed by atoms with Crippen molar-refractivity contribution in [3.05, 3.63) is 100 Å². The molecule has 2 heterocycles. The standard InChI is InChI=1S/C29H30N2O4/c1-5-35-24-10-9-22(16-23(24)18(2)3)27(32)25-26(21-8-6-7-19(4)15-21)31(29(34)28(25)33)17-20-11-13-30-14-12-20/h6-16,18,26,32H,5,17H2,1-4H3/b27-25-. The topological polar surface area (TPSA) is 79.7 Å². The van der Waals surface area contributed by atoms with E-state index < -0.39 is 17.7 Å². The molecular weight excluding hydrogens is 440 g/mol. The van der Waals surface area contributed by atoms with Gasteiger partial charge in [-0.1, -0.05) is 43.7 Å². The number of carbonyl (C=O) groups excluding carboxylic acids is 2. The van der Waals surface area contributed by atoms with Crippen LogP contribution in [0, 0.1) is 6.92 Å². The molecule has 180 valence electrons. The fraction of sp³-hybridized carbons (Fsp3) is 0.276. The highest BCUT2D eigenvalue weighted by atomic mass is 16.5. The van der Waals surface area contributed by atoms with Gasteiger partial charge < -0.3 is 14.7 Å². The molecule has 1 saturated heterocycles. The first kappa shape index (κ1) is 24.2. The fourth-order valence-corrected chi connectivity index (χ4v) is 4.50. The molecule has 4 rings (SSSR count). The van der Waals surface area contributed by atoms with Gasteiger partial charge in [-0.2, -0.15) is 0 Å². The number of benzene rings is 2. The largest absolute Gasteiger partial charge is 0.507 e. The van der Waals surface area contributed by atoms with Crippen LogP contribution in [0.25, 0.3) is 5.76 Å². The number of aryl methyl sites for hydroxylation is 1. The molecule has 1 unspecified atom stereocenters. The van der Waals surface area contributed by atoms with Crippen molar-refractivity contribution in [3.8, 4) is 5.75 Å². The smallest absolute Gasteiger partial charge is 0.295 e. The van der Waals surface area contributed by atoms with Gasteiger partial charge >= 0.3 is 0 Å². The van der Waals surface area contributed by atoms with Gasteiger partial charge in [0, 0.05) is 24.5 Å². The maximum atomic E-state index is 13.3. The average Bonchev–Trinajstić information content (AvgIpc) is 3.09. The van der Waals surface area contributed by atoms with Gasteiger partial charge in [-0.25, -0.2) is 0 Å². The van der Waals surface area contributed by atoms with E-state index >= 15 is 0 Å². The lowest BCUT2D eigenvalue weighted by atomic mass is 9.92. The van der Waals surface area contributed by atoms with E-state index in [-0.39, 0.29) is 23.8 Å². The molecule has 1 aromatic heterocycles. The molecule has 1 N–H and O–H groups in total. The Morgan fingerprint density at radius 1 is 1.09 bits per heavy atom. The molecule has 1 aliphatic rings. The van der Waals surface area contributed by atoms with Gasteiger partial charge in [-0.3, -0.25) is 14.6 Å². The molecule has 2 aromatic carbocycles.